The number of anilines is 1. The Morgan fingerprint density at radius 2 is 1.58 bits per heavy atom. The molecule has 1 aliphatic heterocycles. The van der Waals surface area contributed by atoms with Crippen LogP contribution in [0, 0.1) is 0 Å². The van der Waals surface area contributed by atoms with Crippen LogP contribution < -0.4 is 15.8 Å². The molecule has 0 aromatic heterocycles. The van der Waals surface area contributed by atoms with E-state index in [1.165, 1.54) is 29.8 Å². The molecule has 1 saturated heterocycles. The monoisotopic (exact) mass is 465 g/mol. The van der Waals surface area contributed by atoms with E-state index in [9.17, 15) is 13.2 Å². The molecule has 168 valence electrons. The second kappa shape index (κ2) is 10.9. The van der Waals surface area contributed by atoms with Crippen molar-refractivity contribution in [1.29, 1.82) is 0 Å². The number of nitrogens with two attached hydrogens (primary N) is 1. The Kier molecular flexibility index (Phi) is 8.28. The van der Waals surface area contributed by atoms with Gasteiger partial charge in [0.1, 0.15) is 0 Å². The van der Waals surface area contributed by atoms with Crippen molar-refractivity contribution in [2.24, 2.45) is 5.14 Å². The highest BCUT2D eigenvalue weighted by atomic mass is 35.5. The van der Waals surface area contributed by atoms with E-state index in [-0.39, 0.29) is 10.9 Å². The normalized spacial score (nSPS) is 15.5. The minimum absolute atomic E-state index is 0.00622. The summed E-state index contributed by atoms with van der Waals surface area (Å²) in [5, 5.41) is 11.3. The molecular weight excluding hydrogens is 438 g/mol. The number of carbonyl (C=O) groups is 1. The molecule has 3 rings (SSSR count). The van der Waals surface area contributed by atoms with Crippen molar-refractivity contribution in [2.75, 3.05) is 44.6 Å². The van der Waals surface area contributed by atoms with Crippen LogP contribution in [-0.2, 0) is 16.6 Å². The quantitative estimate of drug-likeness (QED) is 0.518. The summed E-state index contributed by atoms with van der Waals surface area (Å²) in [5.41, 5.74) is 1.77. The SMILES string of the molecule is NS(=O)(=O)c1ccc(NC(=O)NCCCN2CCN(Cc3ccc(Cl)cc3)CC2)cc1. The van der Waals surface area contributed by atoms with Gasteiger partial charge in [-0.1, -0.05) is 23.7 Å². The molecule has 0 unspecified atom stereocenters. The summed E-state index contributed by atoms with van der Waals surface area (Å²) in [6.45, 7) is 6.48. The lowest BCUT2D eigenvalue weighted by Gasteiger charge is -2.34. The Bertz CT molecular complexity index is 960. The second-order valence-corrected chi connectivity index (χ2v) is 9.55. The van der Waals surface area contributed by atoms with Crippen LogP contribution in [0.25, 0.3) is 0 Å². The third kappa shape index (κ3) is 7.79. The molecule has 0 radical (unpaired) electrons. The van der Waals surface area contributed by atoms with Crippen LogP contribution in [0.1, 0.15) is 12.0 Å². The predicted molar refractivity (Wildman–Crippen MR) is 123 cm³/mol. The number of nitrogens with zero attached hydrogens (tertiary/aromatic N) is 2. The molecule has 10 heteroatoms. The molecule has 4 N–H and O–H groups in total. The first-order chi connectivity index (χ1) is 14.8. The summed E-state index contributed by atoms with van der Waals surface area (Å²) in [6, 6.07) is 13.4. The summed E-state index contributed by atoms with van der Waals surface area (Å²) < 4.78 is 22.5. The first-order valence-electron chi connectivity index (χ1n) is 10.2. The topological polar surface area (TPSA) is 108 Å². The number of carbonyl (C=O) groups excluding carboxylic acids is 1. The van der Waals surface area contributed by atoms with Crippen LogP contribution in [0.15, 0.2) is 53.4 Å². The molecular formula is C21H28ClN5O3S. The highest BCUT2D eigenvalue weighted by Crippen LogP contribution is 2.14. The first-order valence-corrected chi connectivity index (χ1v) is 12.1. The van der Waals surface area contributed by atoms with Crippen LogP contribution in [0.5, 0.6) is 0 Å². The van der Waals surface area contributed by atoms with E-state index in [4.69, 9.17) is 16.7 Å². The number of piperazine rings is 1. The average molecular weight is 466 g/mol. The molecule has 0 bridgehead atoms. The van der Waals surface area contributed by atoms with Gasteiger partial charge in [0.2, 0.25) is 10.0 Å². The fourth-order valence-corrected chi connectivity index (χ4v) is 4.07. The van der Waals surface area contributed by atoms with E-state index in [1.54, 1.807) is 0 Å². The number of hydrogen-bond acceptors (Lipinski definition) is 5. The Labute approximate surface area is 188 Å². The van der Waals surface area contributed by atoms with E-state index in [1.807, 2.05) is 12.1 Å². The van der Waals surface area contributed by atoms with Crippen molar-refractivity contribution < 1.29 is 13.2 Å². The summed E-state index contributed by atoms with van der Waals surface area (Å²) in [5.74, 6) is 0. The smallest absolute Gasteiger partial charge is 0.319 e. The van der Waals surface area contributed by atoms with E-state index in [0.29, 0.717) is 12.2 Å². The number of halogens is 1. The highest BCUT2D eigenvalue weighted by Gasteiger charge is 2.16. The van der Waals surface area contributed by atoms with Gasteiger partial charge in [-0.15, -0.1) is 0 Å². The van der Waals surface area contributed by atoms with Gasteiger partial charge in [-0.05, 0) is 54.9 Å². The molecule has 0 atom stereocenters. The number of benzene rings is 2. The van der Waals surface area contributed by atoms with Gasteiger partial charge in [-0.3, -0.25) is 4.90 Å². The number of urea groups is 1. The largest absolute Gasteiger partial charge is 0.338 e. The molecule has 2 amide bonds. The van der Waals surface area contributed by atoms with Crippen molar-refractivity contribution in [2.45, 2.75) is 17.9 Å². The number of nitrogens with one attached hydrogen (secondary N) is 2. The zero-order chi connectivity index (χ0) is 22.3. The Morgan fingerprint density at radius 1 is 0.968 bits per heavy atom. The van der Waals surface area contributed by atoms with E-state index < -0.39 is 10.0 Å². The van der Waals surface area contributed by atoms with Crippen LogP contribution >= 0.6 is 11.6 Å². The summed E-state index contributed by atoms with van der Waals surface area (Å²) in [6.07, 6.45) is 0.856. The van der Waals surface area contributed by atoms with Gasteiger partial charge in [0, 0.05) is 50.0 Å². The predicted octanol–water partition coefficient (Wildman–Crippen LogP) is 2.32. The summed E-state index contributed by atoms with van der Waals surface area (Å²) in [4.78, 5) is 16.8. The first kappa shape index (κ1) is 23.5. The minimum atomic E-state index is -3.74. The van der Waals surface area contributed by atoms with Gasteiger partial charge >= 0.3 is 6.03 Å². The standard InChI is InChI=1S/C21H28ClN5O3S/c22-18-4-2-17(3-5-18)16-27-14-12-26(13-15-27)11-1-10-24-21(28)25-19-6-8-20(9-7-19)31(23,29)30/h2-9H,1,10-16H2,(H2,23,29,30)(H2,24,25,28). The maximum absolute atomic E-state index is 12.0. The van der Waals surface area contributed by atoms with Crippen molar-refractivity contribution >= 4 is 33.3 Å². The molecule has 0 saturated carbocycles. The minimum Gasteiger partial charge on any atom is -0.338 e. The summed E-state index contributed by atoms with van der Waals surface area (Å²) >= 11 is 5.94. The van der Waals surface area contributed by atoms with E-state index >= 15 is 0 Å². The molecule has 31 heavy (non-hydrogen) atoms. The third-order valence-electron chi connectivity index (χ3n) is 5.16. The lowest BCUT2D eigenvalue weighted by Crippen LogP contribution is -2.46. The Morgan fingerprint density at radius 3 is 2.19 bits per heavy atom. The fraction of sp³-hybridized carbons (Fsp3) is 0.381. The van der Waals surface area contributed by atoms with Gasteiger partial charge in [-0.2, -0.15) is 0 Å². The molecule has 0 aliphatic carbocycles. The van der Waals surface area contributed by atoms with Crippen molar-refractivity contribution in [3.05, 3.63) is 59.1 Å². The maximum atomic E-state index is 12.0. The average Bonchev–Trinajstić information content (AvgIpc) is 2.74. The number of amides is 2. The van der Waals surface area contributed by atoms with Crippen LogP contribution in [-0.4, -0.2) is 63.5 Å². The number of rotatable bonds is 8. The fourth-order valence-electron chi connectivity index (χ4n) is 3.43. The molecule has 2 aromatic rings. The zero-order valence-corrected chi connectivity index (χ0v) is 18.8. The number of hydrogen-bond donors (Lipinski definition) is 3. The Balaban J connectivity index is 1.29. The molecule has 2 aromatic carbocycles. The van der Waals surface area contributed by atoms with Crippen molar-refractivity contribution in [3.8, 4) is 0 Å². The van der Waals surface area contributed by atoms with Crippen LogP contribution in [0.2, 0.25) is 5.02 Å². The summed E-state index contributed by atoms with van der Waals surface area (Å²) in [7, 11) is -3.74. The van der Waals surface area contributed by atoms with Gasteiger partial charge in [-0.25, -0.2) is 18.4 Å². The van der Waals surface area contributed by atoms with Gasteiger partial charge in [0.15, 0.2) is 0 Å². The second-order valence-electron chi connectivity index (χ2n) is 7.55. The van der Waals surface area contributed by atoms with Crippen LogP contribution in [0.4, 0.5) is 10.5 Å². The molecule has 0 spiro atoms. The van der Waals surface area contributed by atoms with Gasteiger partial charge in [0.25, 0.3) is 0 Å². The number of sulfonamides is 1. The molecule has 1 aliphatic rings. The third-order valence-corrected chi connectivity index (χ3v) is 6.34. The van der Waals surface area contributed by atoms with Gasteiger partial charge < -0.3 is 15.5 Å². The molecule has 8 nitrogen and oxygen atoms in total. The number of primary sulfonamides is 1. The lowest BCUT2D eigenvalue weighted by atomic mass is 10.2. The van der Waals surface area contributed by atoms with Crippen LogP contribution in [0.3, 0.4) is 0 Å². The van der Waals surface area contributed by atoms with E-state index in [0.717, 1.165) is 50.7 Å². The zero-order valence-electron chi connectivity index (χ0n) is 17.3. The van der Waals surface area contributed by atoms with Crippen molar-refractivity contribution in [3.63, 3.8) is 0 Å². The van der Waals surface area contributed by atoms with E-state index in [2.05, 4.69) is 32.6 Å². The maximum Gasteiger partial charge on any atom is 0.319 e. The molecule has 1 fully saturated rings. The van der Waals surface area contributed by atoms with Gasteiger partial charge in [0.05, 0.1) is 4.90 Å². The molecule has 1 heterocycles. The highest BCUT2D eigenvalue weighted by molar-refractivity contribution is 7.89. The van der Waals surface area contributed by atoms with Crippen molar-refractivity contribution in [1.82, 2.24) is 15.1 Å². The Hall–Kier alpha value is -2.17. The lowest BCUT2D eigenvalue weighted by molar-refractivity contribution is 0.126.